The lowest BCUT2D eigenvalue weighted by atomic mass is 9.84. The summed E-state index contributed by atoms with van der Waals surface area (Å²) in [6.45, 7) is 6.70. The number of nitrogens with zero attached hydrogens (tertiary/aromatic N) is 2. The molecule has 0 heterocycles. The van der Waals surface area contributed by atoms with Crippen molar-refractivity contribution in [3.63, 3.8) is 0 Å². The van der Waals surface area contributed by atoms with Gasteiger partial charge in [0.05, 0.1) is 11.5 Å². The Hall–Kier alpha value is -1.82. The van der Waals surface area contributed by atoms with Crippen LogP contribution in [0, 0.1) is 11.3 Å². The largest absolute Gasteiger partial charge is 0.332 e. The maximum atomic E-state index is 12.5. The van der Waals surface area contributed by atoms with Gasteiger partial charge < -0.3 is 4.90 Å². The van der Waals surface area contributed by atoms with E-state index in [-0.39, 0.29) is 23.3 Å². The van der Waals surface area contributed by atoms with Gasteiger partial charge in [-0.3, -0.25) is 4.79 Å². The Kier molecular flexibility index (Phi) is 3.60. The first kappa shape index (κ1) is 14.6. The Morgan fingerprint density at radius 2 is 1.85 bits per heavy atom. The molecule has 1 aromatic rings. The van der Waals surface area contributed by atoms with Crippen molar-refractivity contribution in [2.45, 2.75) is 44.4 Å². The predicted molar refractivity (Wildman–Crippen MR) is 79.3 cm³/mol. The van der Waals surface area contributed by atoms with Gasteiger partial charge in [-0.25, -0.2) is 0 Å². The highest BCUT2D eigenvalue weighted by Gasteiger charge is 2.52. The summed E-state index contributed by atoms with van der Waals surface area (Å²) < 4.78 is 0. The summed E-state index contributed by atoms with van der Waals surface area (Å²) in [5.74, 6) is 0.0718. The summed E-state index contributed by atoms with van der Waals surface area (Å²) >= 11 is 0. The van der Waals surface area contributed by atoms with E-state index >= 15 is 0 Å². The molecule has 0 atom stereocenters. The number of hydrogen-bond acceptors (Lipinski definition) is 2. The van der Waals surface area contributed by atoms with Crippen LogP contribution in [0.4, 0.5) is 0 Å². The highest BCUT2D eigenvalue weighted by Crippen LogP contribution is 2.49. The maximum absolute atomic E-state index is 12.5. The molecule has 0 unspecified atom stereocenters. The number of likely N-dealkylation sites (N-methyl/N-ethyl adjacent to an activating group) is 1. The molecule has 3 nitrogen and oxygen atoms in total. The number of benzene rings is 1. The number of carbonyl (C=O) groups is 1. The van der Waals surface area contributed by atoms with Gasteiger partial charge in [0.1, 0.15) is 6.54 Å². The van der Waals surface area contributed by atoms with Crippen LogP contribution in [-0.2, 0) is 15.6 Å². The highest BCUT2D eigenvalue weighted by molar-refractivity contribution is 5.91. The fraction of sp³-hybridized carbons (Fsp3) is 0.529. The Bertz CT molecular complexity index is 542. The molecule has 1 aliphatic carbocycles. The third-order valence-corrected chi connectivity index (χ3v) is 4.12. The summed E-state index contributed by atoms with van der Waals surface area (Å²) in [6.07, 6.45) is 1.77. The first-order chi connectivity index (χ1) is 9.31. The average molecular weight is 270 g/mol. The second-order valence-corrected chi connectivity index (χ2v) is 6.73. The van der Waals surface area contributed by atoms with Crippen molar-refractivity contribution in [3.8, 4) is 6.07 Å². The fourth-order valence-electron chi connectivity index (χ4n) is 2.58. The van der Waals surface area contributed by atoms with E-state index in [4.69, 9.17) is 5.26 Å². The van der Waals surface area contributed by atoms with E-state index in [0.29, 0.717) is 0 Å². The number of amides is 1. The molecule has 1 aliphatic rings. The smallest absolute Gasteiger partial charge is 0.233 e. The van der Waals surface area contributed by atoms with Crippen LogP contribution in [0.15, 0.2) is 24.3 Å². The first-order valence-corrected chi connectivity index (χ1v) is 7.05. The number of carbonyl (C=O) groups excluding carboxylic acids is 1. The molecule has 20 heavy (non-hydrogen) atoms. The van der Waals surface area contributed by atoms with Crippen LogP contribution < -0.4 is 0 Å². The third kappa shape index (κ3) is 2.56. The highest BCUT2D eigenvalue weighted by atomic mass is 16.2. The zero-order valence-electron chi connectivity index (χ0n) is 12.7. The summed E-state index contributed by atoms with van der Waals surface area (Å²) in [5, 5.41) is 8.72. The van der Waals surface area contributed by atoms with Crippen molar-refractivity contribution in [2.24, 2.45) is 0 Å². The zero-order chi connectivity index (χ0) is 15.0. The molecular weight excluding hydrogens is 248 g/mol. The molecule has 0 bridgehead atoms. The number of hydrogen-bond donors (Lipinski definition) is 0. The minimum atomic E-state index is -0.373. The quantitative estimate of drug-likeness (QED) is 0.792. The van der Waals surface area contributed by atoms with Gasteiger partial charge in [-0.1, -0.05) is 45.0 Å². The molecule has 0 saturated heterocycles. The Balaban J connectivity index is 2.24. The average Bonchev–Trinajstić information content (AvgIpc) is 3.19. The standard InChI is InChI=1S/C17H22N2O/c1-16(2,3)13-5-7-14(8-6-13)17(9-10-17)15(20)19(4)12-11-18/h5-8H,9-10,12H2,1-4H3. The van der Waals surface area contributed by atoms with Crippen molar-refractivity contribution >= 4 is 5.91 Å². The van der Waals surface area contributed by atoms with Gasteiger partial charge in [0.25, 0.3) is 0 Å². The van der Waals surface area contributed by atoms with Crippen LogP contribution in [0.3, 0.4) is 0 Å². The monoisotopic (exact) mass is 270 g/mol. The van der Waals surface area contributed by atoms with Crippen molar-refractivity contribution in [3.05, 3.63) is 35.4 Å². The van der Waals surface area contributed by atoms with E-state index in [1.54, 1.807) is 7.05 Å². The Morgan fingerprint density at radius 1 is 1.30 bits per heavy atom. The summed E-state index contributed by atoms with van der Waals surface area (Å²) in [4.78, 5) is 14.0. The summed E-state index contributed by atoms with van der Waals surface area (Å²) in [6, 6.07) is 10.4. The second-order valence-electron chi connectivity index (χ2n) is 6.73. The van der Waals surface area contributed by atoms with Crippen molar-refractivity contribution in [1.82, 2.24) is 4.90 Å². The minimum absolute atomic E-state index is 0.0718. The van der Waals surface area contributed by atoms with E-state index in [0.717, 1.165) is 18.4 Å². The van der Waals surface area contributed by atoms with Crippen LogP contribution in [0.2, 0.25) is 0 Å². The lowest BCUT2D eigenvalue weighted by Gasteiger charge is -2.23. The van der Waals surface area contributed by atoms with E-state index in [9.17, 15) is 4.79 Å². The second kappa shape index (κ2) is 4.94. The van der Waals surface area contributed by atoms with Gasteiger partial charge in [-0.2, -0.15) is 5.26 Å². The van der Waals surface area contributed by atoms with Crippen molar-refractivity contribution in [1.29, 1.82) is 5.26 Å². The van der Waals surface area contributed by atoms with E-state index in [2.05, 4.69) is 45.0 Å². The lowest BCUT2D eigenvalue weighted by Crippen LogP contribution is -2.36. The van der Waals surface area contributed by atoms with Gasteiger partial charge in [0.15, 0.2) is 0 Å². The van der Waals surface area contributed by atoms with E-state index < -0.39 is 0 Å². The normalized spacial score (nSPS) is 16.4. The minimum Gasteiger partial charge on any atom is -0.332 e. The SMILES string of the molecule is CN(CC#N)C(=O)C1(c2ccc(C(C)(C)C)cc2)CC1. The molecule has 0 N–H and O–H groups in total. The van der Waals surface area contributed by atoms with Crippen LogP contribution in [0.1, 0.15) is 44.7 Å². The number of rotatable bonds is 3. The van der Waals surface area contributed by atoms with E-state index in [1.807, 2.05) is 6.07 Å². The molecule has 2 rings (SSSR count). The van der Waals surface area contributed by atoms with Crippen LogP contribution in [0.25, 0.3) is 0 Å². The van der Waals surface area contributed by atoms with E-state index in [1.165, 1.54) is 10.5 Å². The predicted octanol–water partition coefficient (Wildman–Crippen LogP) is 3.00. The van der Waals surface area contributed by atoms with Crippen molar-refractivity contribution < 1.29 is 4.79 Å². The Labute approximate surface area is 121 Å². The van der Waals surface area contributed by atoms with Gasteiger partial charge in [0, 0.05) is 7.05 Å². The number of nitriles is 1. The molecule has 1 aromatic carbocycles. The van der Waals surface area contributed by atoms with Gasteiger partial charge in [-0.05, 0) is 29.4 Å². The van der Waals surface area contributed by atoms with Crippen LogP contribution >= 0.6 is 0 Å². The Morgan fingerprint density at radius 3 is 2.25 bits per heavy atom. The molecular formula is C17H22N2O. The van der Waals surface area contributed by atoms with Crippen LogP contribution in [-0.4, -0.2) is 24.4 Å². The van der Waals surface area contributed by atoms with Crippen LogP contribution in [0.5, 0.6) is 0 Å². The molecule has 1 saturated carbocycles. The maximum Gasteiger partial charge on any atom is 0.233 e. The zero-order valence-corrected chi connectivity index (χ0v) is 12.7. The first-order valence-electron chi connectivity index (χ1n) is 7.05. The molecule has 106 valence electrons. The summed E-state index contributed by atoms with van der Waals surface area (Å²) in [7, 11) is 1.70. The van der Waals surface area contributed by atoms with Gasteiger partial charge >= 0.3 is 0 Å². The topological polar surface area (TPSA) is 44.1 Å². The lowest BCUT2D eigenvalue weighted by molar-refractivity contribution is -0.132. The third-order valence-electron chi connectivity index (χ3n) is 4.12. The molecule has 0 aliphatic heterocycles. The molecule has 3 heteroatoms. The van der Waals surface area contributed by atoms with Gasteiger partial charge in [-0.15, -0.1) is 0 Å². The molecule has 0 aromatic heterocycles. The fourth-order valence-corrected chi connectivity index (χ4v) is 2.58. The molecule has 1 amide bonds. The van der Waals surface area contributed by atoms with Crippen molar-refractivity contribution in [2.75, 3.05) is 13.6 Å². The summed E-state index contributed by atoms with van der Waals surface area (Å²) in [5.41, 5.74) is 2.11. The van der Waals surface area contributed by atoms with Gasteiger partial charge in [0.2, 0.25) is 5.91 Å². The molecule has 1 fully saturated rings. The molecule has 0 spiro atoms. The molecule has 0 radical (unpaired) electrons.